The highest BCUT2D eigenvalue weighted by molar-refractivity contribution is 9.09. The number of carbonyl (C=O) groups is 1. The first-order chi connectivity index (χ1) is 12.2. The maximum absolute atomic E-state index is 11.2. The molecular weight excluding hydrogens is 380 g/mol. The summed E-state index contributed by atoms with van der Waals surface area (Å²) in [7, 11) is 1.41. The van der Waals surface area contributed by atoms with Gasteiger partial charge in [0.05, 0.1) is 13.7 Å². The molecule has 0 heterocycles. The van der Waals surface area contributed by atoms with E-state index >= 15 is 0 Å². The molecule has 4 heteroatoms. The second-order valence-electron chi connectivity index (χ2n) is 5.44. The van der Waals surface area contributed by atoms with Crippen molar-refractivity contribution >= 4 is 21.9 Å². The number of aryl methyl sites for hydroxylation is 1. The van der Waals surface area contributed by atoms with Crippen LogP contribution in [0.1, 0.15) is 29.5 Å². The van der Waals surface area contributed by atoms with Gasteiger partial charge in [-0.2, -0.15) is 0 Å². The number of alkyl halides is 1. The molecule has 2 aromatic rings. The summed E-state index contributed by atoms with van der Waals surface area (Å²) in [5.41, 5.74) is 2.96. The molecule has 0 N–H and O–H groups in total. The van der Waals surface area contributed by atoms with E-state index in [-0.39, 0.29) is 5.97 Å². The summed E-state index contributed by atoms with van der Waals surface area (Å²) in [5, 5.41) is 0.933. The Morgan fingerprint density at radius 3 is 2.56 bits per heavy atom. The van der Waals surface area contributed by atoms with Crippen molar-refractivity contribution in [1.82, 2.24) is 0 Å². The van der Waals surface area contributed by atoms with Crippen LogP contribution in [-0.4, -0.2) is 25.0 Å². The van der Waals surface area contributed by atoms with Crippen LogP contribution in [0.15, 0.2) is 48.5 Å². The standard InChI is InChI=1S/C21H21BrO3/c1-24-21(23)13-12-18-8-6-17(7-9-18)10-11-19-4-2-5-20(16-19)25-15-3-14-22/h2,4-9,16H,3,12-15H2,1H3. The van der Waals surface area contributed by atoms with Gasteiger partial charge >= 0.3 is 5.97 Å². The molecule has 25 heavy (non-hydrogen) atoms. The first-order valence-electron chi connectivity index (χ1n) is 8.18. The Morgan fingerprint density at radius 2 is 1.84 bits per heavy atom. The molecule has 2 aromatic carbocycles. The Balaban J connectivity index is 1.96. The Labute approximate surface area is 157 Å². The molecule has 2 rings (SSSR count). The maximum Gasteiger partial charge on any atom is 0.305 e. The van der Waals surface area contributed by atoms with Crippen molar-refractivity contribution in [3.05, 3.63) is 65.2 Å². The summed E-state index contributed by atoms with van der Waals surface area (Å²) in [6, 6.07) is 15.7. The lowest BCUT2D eigenvalue weighted by Crippen LogP contribution is -2.01. The fourth-order valence-electron chi connectivity index (χ4n) is 2.16. The smallest absolute Gasteiger partial charge is 0.305 e. The molecule has 0 aliphatic heterocycles. The minimum Gasteiger partial charge on any atom is -0.494 e. The second-order valence-corrected chi connectivity index (χ2v) is 6.23. The van der Waals surface area contributed by atoms with E-state index in [1.165, 1.54) is 7.11 Å². The van der Waals surface area contributed by atoms with Crippen LogP contribution in [0.2, 0.25) is 0 Å². The summed E-state index contributed by atoms with van der Waals surface area (Å²) in [5.74, 6) is 6.96. The van der Waals surface area contributed by atoms with Crippen LogP contribution in [0, 0.1) is 11.8 Å². The number of benzene rings is 2. The number of rotatable bonds is 7. The SMILES string of the molecule is COC(=O)CCc1ccc(C#Cc2cccc(OCCCBr)c2)cc1. The lowest BCUT2D eigenvalue weighted by molar-refractivity contribution is -0.140. The van der Waals surface area contributed by atoms with E-state index in [1.54, 1.807) is 0 Å². The van der Waals surface area contributed by atoms with Gasteiger partial charge in [0.2, 0.25) is 0 Å². The fraction of sp³-hybridized carbons (Fsp3) is 0.286. The first-order valence-corrected chi connectivity index (χ1v) is 9.30. The van der Waals surface area contributed by atoms with Gasteiger partial charge in [0.25, 0.3) is 0 Å². The van der Waals surface area contributed by atoms with Crippen LogP contribution in [0.25, 0.3) is 0 Å². The molecule has 0 aliphatic rings. The Bertz CT molecular complexity index is 742. The number of ether oxygens (including phenoxy) is 2. The van der Waals surface area contributed by atoms with E-state index < -0.39 is 0 Å². The first kappa shape index (κ1) is 19.1. The molecule has 130 valence electrons. The molecule has 0 unspecified atom stereocenters. The molecule has 0 saturated carbocycles. The Kier molecular flexibility index (Phi) is 8.08. The van der Waals surface area contributed by atoms with Crippen LogP contribution >= 0.6 is 15.9 Å². The van der Waals surface area contributed by atoms with E-state index in [0.717, 1.165) is 34.2 Å². The predicted octanol–water partition coefficient (Wildman–Crippen LogP) is 4.36. The topological polar surface area (TPSA) is 35.5 Å². The van der Waals surface area contributed by atoms with E-state index in [0.29, 0.717) is 19.4 Å². The molecule has 0 bridgehead atoms. The van der Waals surface area contributed by atoms with E-state index in [1.807, 2.05) is 48.5 Å². The predicted molar refractivity (Wildman–Crippen MR) is 103 cm³/mol. The largest absolute Gasteiger partial charge is 0.494 e. The molecule has 0 radical (unpaired) electrons. The second kappa shape index (κ2) is 10.6. The average Bonchev–Trinajstić information content (AvgIpc) is 2.66. The van der Waals surface area contributed by atoms with Gasteiger partial charge in [0.15, 0.2) is 0 Å². The molecule has 3 nitrogen and oxygen atoms in total. The molecule has 0 atom stereocenters. The third-order valence-electron chi connectivity index (χ3n) is 3.53. The molecule has 0 saturated heterocycles. The van der Waals surface area contributed by atoms with Crippen molar-refractivity contribution in [2.45, 2.75) is 19.3 Å². The van der Waals surface area contributed by atoms with E-state index in [9.17, 15) is 4.79 Å². The van der Waals surface area contributed by atoms with E-state index in [2.05, 4.69) is 32.5 Å². The maximum atomic E-state index is 11.2. The summed E-state index contributed by atoms with van der Waals surface area (Å²) in [4.78, 5) is 11.2. The van der Waals surface area contributed by atoms with Gasteiger partial charge < -0.3 is 9.47 Å². The third kappa shape index (κ3) is 7.03. The van der Waals surface area contributed by atoms with Crippen LogP contribution in [0.3, 0.4) is 0 Å². The number of methoxy groups -OCH3 is 1. The minimum absolute atomic E-state index is 0.192. The summed E-state index contributed by atoms with van der Waals surface area (Å²) < 4.78 is 10.3. The van der Waals surface area contributed by atoms with E-state index in [4.69, 9.17) is 4.74 Å². The minimum atomic E-state index is -0.192. The van der Waals surface area contributed by atoms with Gasteiger partial charge in [-0.1, -0.05) is 46.0 Å². The highest BCUT2D eigenvalue weighted by atomic mass is 79.9. The van der Waals surface area contributed by atoms with Gasteiger partial charge in [-0.25, -0.2) is 0 Å². The van der Waals surface area contributed by atoms with Gasteiger partial charge in [0.1, 0.15) is 5.75 Å². The summed E-state index contributed by atoms with van der Waals surface area (Å²) in [6.07, 6.45) is 2.04. The zero-order chi connectivity index (χ0) is 17.9. The average molecular weight is 401 g/mol. The van der Waals surface area contributed by atoms with Crippen molar-refractivity contribution in [3.8, 4) is 17.6 Å². The monoisotopic (exact) mass is 400 g/mol. The number of carbonyl (C=O) groups excluding carboxylic acids is 1. The summed E-state index contributed by atoms with van der Waals surface area (Å²) in [6.45, 7) is 0.690. The van der Waals surface area contributed by atoms with Gasteiger partial charge in [-0.3, -0.25) is 4.79 Å². The van der Waals surface area contributed by atoms with Crippen LogP contribution in [-0.2, 0) is 16.0 Å². The van der Waals surface area contributed by atoms with Gasteiger partial charge in [0, 0.05) is 22.9 Å². The third-order valence-corrected chi connectivity index (χ3v) is 4.09. The molecule has 0 aromatic heterocycles. The van der Waals surface area contributed by atoms with Crippen molar-refractivity contribution in [3.63, 3.8) is 0 Å². The zero-order valence-corrected chi connectivity index (χ0v) is 15.8. The zero-order valence-electron chi connectivity index (χ0n) is 14.3. The molecule has 0 amide bonds. The van der Waals surface area contributed by atoms with Crippen LogP contribution < -0.4 is 4.74 Å². The van der Waals surface area contributed by atoms with Crippen molar-refractivity contribution < 1.29 is 14.3 Å². The van der Waals surface area contributed by atoms with Gasteiger partial charge in [-0.05, 0) is 48.7 Å². The van der Waals surface area contributed by atoms with Crippen molar-refractivity contribution in [1.29, 1.82) is 0 Å². The fourth-order valence-corrected chi connectivity index (χ4v) is 2.38. The highest BCUT2D eigenvalue weighted by Crippen LogP contribution is 2.13. The molecular formula is C21H21BrO3. The Hall–Kier alpha value is -2.25. The molecule has 0 fully saturated rings. The number of halogens is 1. The lowest BCUT2D eigenvalue weighted by atomic mass is 10.1. The molecule has 0 aliphatic carbocycles. The number of hydrogen-bond donors (Lipinski definition) is 0. The van der Waals surface area contributed by atoms with Crippen molar-refractivity contribution in [2.24, 2.45) is 0 Å². The van der Waals surface area contributed by atoms with Crippen LogP contribution in [0.4, 0.5) is 0 Å². The normalized spacial score (nSPS) is 9.84. The molecule has 0 spiro atoms. The van der Waals surface area contributed by atoms with Crippen LogP contribution in [0.5, 0.6) is 5.75 Å². The summed E-state index contributed by atoms with van der Waals surface area (Å²) >= 11 is 3.39. The lowest BCUT2D eigenvalue weighted by Gasteiger charge is -2.04. The Morgan fingerprint density at radius 1 is 1.08 bits per heavy atom. The highest BCUT2D eigenvalue weighted by Gasteiger charge is 2.01. The number of esters is 1. The van der Waals surface area contributed by atoms with Crippen molar-refractivity contribution in [2.75, 3.05) is 19.0 Å². The quantitative estimate of drug-likeness (QED) is 0.299. The van der Waals surface area contributed by atoms with Gasteiger partial charge in [-0.15, -0.1) is 0 Å². The number of hydrogen-bond acceptors (Lipinski definition) is 3.